The van der Waals surface area contributed by atoms with E-state index in [2.05, 4.69) is 18.4 Å². The average Bonchev–Trinajstić information content (AvgIpc) is 2.29. The lowest BCUT2D eigenvalue weighted by atomic mass is 10.1. The van der Waals surface area contributed by atoms with E-state index in [4.69, 9.17) is 5.11 Å². The number of nitrogens with zero attached hydrogens (tertiary/aromatic N) is 1. The number of aryl methyl sites for hydroxylation is 2. The predicted octanol–water partition coefficient (Wildman–Crippen LogP) is 2.35. The molecule has 0 fully saturated rings. The molecule has 0 atom stereocenters. The molecule has 3 nitrogen and oxygen atoms in total. The molecule has 0 aliphatic carbocycles. The highest BCUT2D eigenvalue weighted by Crippen LogP contribution is 2.08. The van der Waals surface area contributed by atoms with Crippen molar-refractivity contribution in [3.63, 3.8) is 0 Å². The molecule has 0 saturated heterocycles. The number of unbranched alkanes of at least 4 members (excludes halogenated alkanes) is 1. The van der Waals surface area contributed by atoms with E-state index in [1.807, 2.05) is 18.3 Å². The van der Waals surface area contributed by atoms with Gasteiger partial charge in [-0.2, -0.15) is 0 Å². The van der Waals surface area contributed by atoms with Crippen LogP contribution in [0.3, 0.4) is 0 Å². The zero-order chi connectivity index (χ0) is 12.7. The maximum Gasteiger partial charge on any atom is 0.314 e. The van der Waals surface area contributed by atoms with Crippen molar-refractivity contribution in [3.8, 4) is 0 Å². The highest BCUT2D eigenvalue weighted by atomic mass is 16.4. The van der Waals surface area contributed by atoms with Crippen LogP contribution in [-0.2, 0) is 24.2 Å². The summed E-state index contributed by atoms with van der Waals surface area (Å²) < 4.78 is 2.10. The molecule has 3 heteroatoms. The number of carbonyl (C=O) groups is 1. The second kappa shape index (κ2) is 7.05. The molecule has 0 aliphatic rings. The lowest BCUT2D eigenvalue weighted by Crippen LogP contribution is -2.40. The first kappa shape index (κ1) is 13.7. The third-order valence-electron chi connectivity index (χ3n) is 2.87. The molecule has 0 aromatic carbocycles. The van der Waals surface area contributed by atoms with Gasteiger partial charge in [-0.3, -0.25) is 4.79 Å². The van der Waals surface area contributed by atoms with E-state index < -0.39 is 5.97 Å². The van der Waals surface area contributed by atoms with Crippen molar-refractivity contribution in [3.05, 3.63) is 29.6 Å². The fraction of sp³-hybridized carbons (Fsp3) is 0.571. The number of rotatable bonds is 7. The Balaban J connectivity index is 3.00. The van der Waals surface area contributed by atoms with Crippen LogP contribution in [0.4, 0.5) is 0 Å². The molecule has 1 N–H and O–H groups in total. The summed E-state index contributed by atoms with van der Waals surface area (Å²) in [5.41, 5.74) is 2.14. The summed E-state index contributed by atoms with van der Waals surface area (Å²) in [7, 11) is 0. The van der Waals surface area contributed by atoms with Crippen molar-refractivity contribution in [1.29, 1.82) is 0 Å². The summed E-state index contributed by atoms with van der Waals surface area (Å²) in [5.74, 6) is -0.751. The van der Waals surface area contributed by atoms with Gasteiger partial charge in [0.05, 0.1) is 0 Å². The van der Waals surface area contributed by atoms with Gasteiger partial charge in [0.15, 0.2) is 11.9 Å². The first-order valence-electron chi connectivity index (χ1n) is 6.41. The van der Waals surface area contributed by atoms with Crippen molar-refractivity contribution < 1.29 is 14.5 Å². The monoisotopic (exact) mass is 236 g/mol. The average molecular weight is 236 g/mol. The Morgan fingerprint density at radius 3 is 2.71 bits per heavy atom. The molecule has 94 valence electrons. The van der Waals surface area contributed by atoms with Gasteiger partial charge in [-0.05, 0) is 12.5 Å². The number of hydrogen-bond donors (Lipinski definition) is 1. The first-order valence-corrected chi connectivity index (χ1v) is 6.41. The summed E-state index contributed by atoms with van der Waals surface area (Å²) in [5, 5.41) is 9.00. The zero-order valence-electron chi connectivity index (χ0n) is 10.8. The highest BCUT2D eigenvalue weighted by molar-refractivity contribution is 5.69. The Morgan fingerprint density at radius 1 is 1.35 bits per heavy atom. The first-order chi connectivity index (χ1) is 8.19. The summed E-state index contributed by atoms with van der Waals surface area (Å²) in [6, 6.07) is 4.07. The van der Waals surface area contributed by atoms with E-state index in [9.17, 15) is 4.79 Å². The normalized spacial score (nSPS) is 10.5. The Morgan fingerprint density at radius 2 is 2.12 bits per heavy atom. The van der Waals surface area contributed by atoms with Gasteiger partial charge in [0.1, 0.15) is 13.0 Å². The van der Waals surface area contributed by atoms with Gasteiger partial charge in [0.2, 0.25) is 0 Å². The predicted molar refractivity (Wildman–Crippen MR) is 66.9 cm³/mol. The third-order valence-corrected chi connectivity index (χ3v) is 2.87. The van der Waals surface area contributed by atoms with E-state index in [0.717, 1.165) is 37.9 Å². The van der Waals surface area contributed by atoms with E-state index in [1.165, 1.54) is 5.56 Å². The van der Waals surface area contributed by atoms with Crippen molar-refractivity contribution in [2.45, 2.75) is 52.5 Å². The van der Waals surface area contributed by atoms with Crippen LogP contribution in [0.25, 0.3) is 0 Å². The van der Waals surface area contributed by atoms with Crippen LogP contribution in [0.15, 0.2) is 18.3 Å². The molecule has 1 heterocycles. The molecular formula is C14H22NO2+. The van der Waals surface area contributed by atoms with Gasteiger partial charge in [0.25, 0.3) is 0 Å². The van der Waals surface area contributed by atoms with Gasteiger partial charge in [-0.1, -0.05) is 26.7 Å². The second-order valence-electron chi connectivity index (χ2n) is 4.35. The van der Waals surface area contributed by atoms with Crippen molar-refractivity contribution >= 4 is 5.97 Å². The van der Waals surface area contributed by atoms with Crippen LogP contribution < -0.4 is 4.57 Å². The van der Waals surface area contributed by atoms with Gasteiger partial charge in [-0.25, -0.2) is 4.57 Å². The van der Waals surface area contributed by atoms with Crippen molar-refractivity contribution in [2.24, 2.45) is 0 Å². The van der Waals surface area contributed by atoms with Crippen LogP contribution >= 0.6 is 0 Å². The molecule has 1 aromatic heterocycles. The molecule has 0 radical (unpaired) electrons. The van der Waals surface area contributed by atoms with E-state index in [-0.39, 0.29) is 6.42 Å². The van der Waals surface area contributed by atoms with Crippen LogP contribution in [0.1, 0.15) is 44.4 Å². The quantitative estimate of drug-likeness (QED) is 0.738. The number of pyridine rings is 1. The maximum atomic E-state index is 10.9. The molecule has 0 bridgehead atoms. The van der Waals surface area contributed by atoms with E-state index in [1.54, 1.807) is 0 Å². The van der Waals surface area contributed by atoms with Gasteiger partial charge >= 0.3 is 5.97 Å². The summed E-state index contributed by atoms with van der Waals surface area (Å²) in [6.45, 7) is 5.18. The van der Waals surface area contributed by atoms with E-state index in [0.29, 0.717) is 0 Å². The minimum absolute atomic E-state index is 0.125. The van der Waals surface area contributed by atoms with Gasteiger partial charge in [0, 0.05) is 18.1 Å². The molecule has 17 heavy (non-hydrogen) atoms. The number of hydrogen-bond acceptors (Lipinski definition) is 1. The fourth-order valence-electron chi connectivity index (χ4n) is 2.03. The summed E-state index contributed by atoms with van der Waals surface area (Å²) in [6.07, 6.45) is 6.33. The van der Waals surface area contributed by atoms with Gasteiger partial charge in [-0.15, -0.1) is 0 Å². The molecule has 0 spiro atoms. The topological polar surface area (TPSA) is 41.2 Å². The Hall–Kier alpha value is -1.38. The Bertz CT molecular complexity index is 374. The zero-order valence-corrected chi connectivity index (χ0v) is 10.8. The number of aromatic nitrogens is 1. The number of aliphatic carboxylic acids is 1. The summed E-state index contributed by atoms with van der Waals surface area (Å²) >= 11 is 0. The minimum atomic E-state index is -0.751. The number of carboxylic acids is 1. The lowest BCUT2D eigenvalue weighted by molar-refractivity contribution is -0.704. The molecule has 1 rings (SSSR count). The fourth-order valence-corrected chi connectivity index (χ4v) is 2.03. The second-order valence-corrected chi connectivity index (χ2v) is 4.35. The van der Waals surface area contributed by atoms with Crippen LogP contribution in [0.2, 0.25) is 0 Å². The molecule has 0 amide bonds. The lowest BCUT2D eigenvalue weighted by Gasteiger charge is -2.07. The standard InChI is InChI=1S/C14H21NO2/c1-3-5-9-15-10-6-8-12(7-4-2)13(15)11-14(16)17/h6,8,10H,3-5,7,9,11H2,1-2H3/p+1. The van der Waals surface area contributed by atoms with Gasteiger partial charge < -0.3 is 5.11 Å². The van der Waals surface area contributed by atoms with E-state index >= 15 is 0 Å². The largest absolute Gasteiger partial charge is 0.481 e. The smallest absolute Gasteiger partial charge is 0.314 e. The molecule has 0 unspecified atom stereocenters. The molecule has 0 saturated carbocycles. The third kappa shape index (κ3) is 4.17. The highest BCUT2D eigenvalue weighted by Gasteiger charge is 2.18. The minimum Gasteiger partial charge on any atom is -0.481 e. The van der Waals surface area contributed by atoms with Crippen molar-refractivity contribution in [1.82, 2.24) is 0 Å². The van der Waals surface area contributed by atoms with Crippen LogP contribution in [-0.4, -0.2) is 11.1 Å². The van der Waals surface area contributed by atoms with Crippen molar-refractivity contribution in [2.75, 3.05) is 0 Å². The Labute approximate surface area is 103 Å². The number of carboxylic acid groups (broad SMARTS) is 1. The Kier molecular flexibility index (Phi) is 5.67. The molecule has 1 aromatic rings. The SMILES string of the molecule is CCCC[n+]1cccc(CCC)c1CC(=O)O. The summed E-state index contributed by atoms with van der Waals surface area (Å²) in [4.78, 5) is 10.9. The molecule has 0 aliphatic heterocycles. The maximum absolute atomic E-state index is 10.9. The van der Waals surface area contributed by atoms with Crippen LogP contribution in [0.5, 0.6) is 0 Å². The van der Waals surface area contributed by atoms with Crippen LogP contribution in [0, 0.1) is 0 Å². The molecular weight excluding hydrogens is 214 g/mol.